The minimum Gasteiger partial charge on any atom is -0.462 e. The molecule has 0 spiro atoms. The molecule has 57 heavy (non-hydrogen) atoms. The Balaban J connectivity index is 2.54. The lowest BCUT2D eigenvalue weighted by Gasteiger charge is -2.41. The number of carbonyl (C=O) groups is 2. The van der Waals surface area contributed by atoms with E-state index in [1.807, 2.05) is 36.5 Å². The van der Waals surface area contributed by atoms with Gasteiger partial charge in [-0.05, 0) is 57.8 Å². The summed E-state index contributed by atoms with van der Waals surface area (Å²) in [6.07, 6.45) is 25.7. The summed E-state index contributed by atoms with van der Waals surface area (Å²) in [4.78, 5) is 35.6. The Labute approximate surface area is 341 Å². The highest BCUT2D eigenvalue weighted by molar-refractivity contribution is 7.47. The van der Waals surface area contributed by atoms with Crippen LogP contribution in [0.5, 0.6) is 0 Å². The van der Waals surface area contributed by atoms with E-state index in [0.717, 1.165) is 77.0 Å². The number of allylic oxidation sites excluding steroid dienone is 10. The summed E-state index contributed by atoms with van der Waals surface area (Å²) >= 11 is 0. The zero-order valence-corrected chi connectivity index (χ0v) is 35.3. The van der Waals surface area contributed by atoms with Crippen molar-refractivity contribution in [3.63, 3.8) is 0 Å². The highest BCUT2D eigenvalue weighted by atomic mass is 31.2. The van der Waals surface area contributed by atoms with Gasteiger partial charge in [0.15, 0.2) is 6.10 Å². The quantitative estimate of drug-likeness (QED) is 0.0126. The molecule has 13 nitrogen and oxygen atoms in total. The predicted octanol–water partition coefficient (Wildman–Crippen LogP) is 7.38. The molecule has 0 bridgehead atoms. The highest BCUT2D eigenvalue weighted by Gasteiger charge is 2.51. The number of esters is 2. The minimum atomic E-state index is -5.12. The van der Waals surface area contributed by atoms with Crippen molar-refractivity contribution in [2.24, 2.45) is 0 Å². The molecule has 1 aliphatic rings. The van der Waals surface area contributed by atoms with Crippen molar-refractivity contribution in [1.82, 2.24) is 0 Å². The smallest absolute Gasteiger partial charge is 0.462 e. The van der Waals surface area contributed by atoms with E-state index >= 15 is 0 Å². The molecule has 0 aromatic rings. The molecule has 0 aliphatic heterocycles. The van der Waals surface area contributed by atoms with Gasteiger partial charge in [0, 0.05) is 12.8 Å². The van der Waals surface area contributed by atoms with Gasteiger partial charge in [0.1, 0.15) is 43.2 Å². The molecule has 1 rings (SSSR count). The fraction of sp³-hybridized carbons (Fsp3) is 0.721. The summed E-state index contributed by atoms with van der Waals surface area (Å²) in [7, 11) is -5.12. The number of hydrogen-bond acceptors (Lipinski definition) is 12. The molecule has 0 heterocycles. The van der Waals surface area contributed by atoms with Crippen LogP contribution in [0, 0.1) is 0 Å². The van der Waals surface area contributed by atoms with E-state index in [1.54, 1.807) is 0 Å². The lowest BCUT2D eigenvalue weighted by atomic mass is 9.85. The van der Waals surface area contributed by atoms with Gasteiger partial charge in [-0.15, -0.1) is 0 Å². The molecule has 14 heteroatoms. The third kappa shape index (κ3) is 26.3. The van der Waals surface area contributed by atoms with Gasteiger partial charge in [0.05, 0.1) is 6.61 Å². The number of hydrogen-bond donors (Lipinski definition) is 6. The SMILES string of the molecule is CC/C=C/C=C/C=C/C=C/CCCCCCCC(=O)O[C@H](COC(=O)CCCCCCC/C=C/CCCCCC)COP(=O)(O)OC1C(O)C(O)C(O)[C@@H](O)C1O. The maximum Gasteiger partial charge on any atom is 0.472 e. The molecule has 1 saturated carbocycles. The van der Waals surface area contributed by atoms with E-state index in [1.165, 1.54) is 25.7 Å². The molecule has 1 fully saturated rings. The first-order valence-electron chi connectivity index (χ1n) is 21.1. The van der Waals surface area contributed by atoms with Crippen molar-refractivity contribution in [2.45, 2.75) is 185 Å². The van der Waals surface area contributed by atoms with Crippen LogP contribution in [0.3, 0.4) is 0 Å². The van der Waals surface area contributed by atoms with Gasteiger partial charge in [-0.25, -0.2) is 4.57 Å². The number of unbranched alkanes of at least 4 members (excludes halogenated alkanes) is 14. The average Bonchev–Trinajstić information content (AvgIpc) is 3.19. The van der Waals surface area contributed by atoms with Crippen LogP contribution in [0.2, 0.25) is 0 Å². The van der Waals surface area contributed by atoms with Gasteiger partial charge < -0.3 is 39.9 Å². The molecule has 0 saturated heterocycles. The number of aliphatic hydroxyl groups is 5. The zero-order valence-electron chi connectivity index (χ0n) is 34.4. The summed E-state index contributed by atoms with van der Waals surface area (Å²) in [5.41, 5.74) is 0. The van der Waals surface area contributed by atoms with Crippen LogP contribution in [-0.2, 0) is 32.7 Å². The normalized spacial score (nSPS) is 23.3. The Morgan fingerprint density at radius 2 is 1.02 bits per heavy atom. The molecular formula is C43H73O13P. The second-order valence-electron chi connectivity index (χ2n) is 14.6. The van der Waals surface area contributed by atoms with Crippen molar-refractivity contribution in [2.75, 3.05) is 13.2 Å². The molecule has 6 unspecified atom stereocenters. The van der Waals surface area contributed by atoms with Crippen LogP contribution in [0.1, 0.15) is 142 Å². The van der Waals surface area contributed by atoms with Gasteiger partial charge in [-0.3, -0.25) is 18.6 Å². The van der Waals surface area contributed by atoms with Crippen LogP contribution in [0.15, 0.2) is 60.8 Å². The van der Waals surface area contributed by atoms with Crippen molar-refractivity contribution in [3.8, 4) is 0 Å². The largest absolute Gasteiger partial charge is 0.472 e. The van der Waals surface area contributed by atoms with Crippen LogP contribution in [0.4, 0.5) is 0 Å². The maximum atomic E-state index is 12.8. The van der Waals surface area contributed by atoms with E-state index in [2.05, 4.69) is 38.2 Å². The first-order chi connectivity index (χ1) is 27.4. The Morgan fingerprint density at radius 3 is 1.58 bits per heavy atom. The molecule has 0 radical (unpaired) electrons. The Kier molecular flexibility index (Phi) is 30.8. The molecule has 8 atom stereocenters. The average molecular weight is 829 g/mol. The Hall–Kier alpha value is -2.45. The third-order valence-corrected chi connectivity index (χ3v) is 10.4. The molecule has 6 N–H and O–H groups in total. The van der Waals surface area contributed by atoms with Crippen molar-refractivity contribution >= 4 is 19.8 Å². The van der Waals surface area contributed by atoms with Crippen molar-refractivity contribution in [1.29, 1.82) is 0 Å². The van der Waals surface area contributed by atoms with Gasteiger partial charge >= 0.3 is 19.8 Å². The summed E-state index contributed by atoms with van der Waals surface area (Å²) in [5, 5.41) is 50.0. The van der Waals surface area contributed by atoms with Crippen LogP contribution in [-0.4, -0.2) is 98.3 Å². The first kappa shape index (κ1) is 52.6. The second kappa shape index (κ2) is 33.4. The molecular weight excluding hydrogens is 755 g/mol. The van der Waals surface area contributed by atoms with Crippen molar-refractivity contribution < 1.29 is 63.1 Å². The summed E-state index contributed by atoms with van der Waals surface area (Å²) in [5.74, 6) is -1.14. The van der Waals surface area contributed by atoms with E-state index in [4.69, 9.17) is 18.5 Å². The number of rotatable bonds is 33. The topological polar surface area (TPSA) is 210 Å². The van der Waals surface area contributed by atoms with Gasteiger partial charge in [-0.2, -0.15) is 0 Å². The number of phosphoric ester groups is 1. The van der Waals surface area contributed by atoms with Gasteiger partial charge in [0.2, 0.25) is 0 Å². The van der Waals surface area contributed by atoms with Crippen molar-refractivity contribution in [3.05, 3.63) is 60.8 Å². The lowest BCUT2D eigenvalue weighted by Crippen LogP contribution is -2.64. The van der Waals surface area contributed by atoms with E-state index in [9.17, 15) is 44.6 Å². The fourth-order valence-corrected chi connectivity index (χ4v) is 6.97. The maximum absolute atomic E-state index is 12.8. The highest BCUT2D eigenvalue weighted by Crippen LogP contribution is 2.47. The van der Waals surface area contributed by atoms with Crippen LogP contribution >= 0.6 is 7.82 Å². The Bertz CT molecular complexity index is 1230. The number of ether oxygens (including phenoxy) is 2. The first-order valence-corrected chi connectivity index (χ1v) is 22.6. The lowest BCUT2D eigenvalue weighted by molar-refractivity contribution is -0.220. The van der Waals surface area contributed by atoms with E-state index in [0.29, 0.717) is 12.8 Å². The summed E-state index contributed by atoms with van der Waals surface area (Å²) < 4.78 is 33.4. The fourth-order valence-electron chi connectivity index (χ4n) is 6.00. The second-order valence-corrected chi connectivity index (χ2v) is 16.0. The third-order valence-electron chi connectivity index (χ3n) is 9.44. The van der Waals surface area contributed by atoms with Gasteiger partial charge in [-0.1, -0.05) is 132 Å². The minimum absolute atomic E-state index is 0.0662. The van der Waals surface area contributed by atoms with E-state index < -0.39 is 75.7 Å². The van der Waals surface area contributed by atoms with Gasteiger partial charge in [0.25, 0.3) is 0 Å². The Morgan fingerprint density at radius 1 is 0.561 bits per heavy atom. The summed E-state index contributed by atoms with van der Waals surface area (Å²) in [6, 6.07) is 0. The number of carbonyl (C=O) groups excluding carboxylic acids is 2. The molecule has 0 amide bonds. The molecule has 0 aromatic carbocycles. The molecule has 0 aromatic heterocycles. The molecule has 328 valence electrons. The predicted molar refractivity (Wildman–Crippen MR) is 221 cm³/mol. The standard InChI is InChI=1S/C43H73O13P/c1-3-5-7-9-11-13-15-17-18-20-22-24-26-28-30-32-37(45)55-35(34-54-57(51,52)56-43-41(49)39(47)38(46)40(48)42(43)50)33-53-36(44)31-29-27-25-23-21-19-16-14-12-10-8-6-4-2/h5,7,9,11,13-18,35,38-43,46-50H,3-4,6,8,10,12,19-34H2,1-2H3,(H,51,52)/b7-5+,11-9+,15-13+,16-14+,18-17+/t35-,38?,39-,40?,41?,42?,43?/m1/s1. The van der Waals surface area contributed by atoms with E-state index in [-0.39, 0.29) is 12.8 Å². The number of aliphatic hydroxyl groups excluding tert-OH is 5. The zero-order chi connectivity index (χ0) is 42.2. The number of phosphoric acid groups is 1. The molecule has 1 aliphatic carbocycles. The van der Waals surface area contributed by atoms with Crippen LogP contribution in [0.25, 0.3) is 0 Å². The monoisotopic (exact) mass is 828 g/mol. The van der Waals surface area contributed by atoms with Crippen LogP contribution < -0.4 is 0 Å². The summed E-state index contributed by atoms with van der Waals surface area (Å²) in [6.45, 7) is 3.09.